The molecule has 1 fully saturated rings. The second kappa shape index (κ2) is 5.79. The summed E-state index contributed by atoms with van der Waals surface area (Å²) in [4.78, 5) is 20.0. The van der Waals surface area contributed by atoms with Crippen LogP contribution in [-0.4, -0.2) is 55.1 Å². The lowest BCUT2D eigenvalue weighted by Gasteiger charge is -2.35. The minimum Gasteiger partial charge on any atom is -0.365 e. The predicted molar refractivity (Wildman–Crippen MR) is 70.5 cm³/mol. The third kappa shape index (κ3) is 2.77. The molecule has 1 aliphatic rings. The molecule has 1 aromatic heterocycles. The number of carbonyl (C=O) groups excluding carboxylic acids is 1. The molecule has 0 bridgehead atoms. The summed E-state index contributed by atoms with van der Waals surface area (Å²) in [7, 11) is 0. The molecule has 0 aromatic carbocycles. The SMILES string of the molecule is NCCN1CCN(c2ncccc2C(N)=O)CC1. The monoisotopic (exact) mass is 249 g/mol. The number of anilines is 1. The Morgan fingerprint density at radius 2 is 2.06 bits per heavy atom. The molecule has 1 amide bonds. The number of primary amides is 1. The van der Waals surface area contributed by atoms with Gasteiger partial charge in [-0.1, -0.05) is 0 Å². The first-order valence-corrected chi connectivity index (χ1v) is 6.14. The number of hydrogen-bond acceptors (Lipinski definition) is 5. The van der Waals surface area contributed by atoms with Gasteiger partial charge >= 0.3 is 0 Å². The maximum Gasteiger partial charge on any atom is 0.252 e. The molecule has 2 rings (SSSR count). The average molecular weight is 249 g/mol. The summed E-state index contributed by atoms with van der Waals surface area (Å²) in [6, 6.07) is 3.45. The molecule has 2 heterocycles. The second-order valence-corrected chi connectivity index (χ2v) is 4.36. The number of carbonyl (C=O) groups is 1. The summed E-state index contributed by atoms with van der Waals surface area (Å²) in [6.45, 7) is 5.15. The lowest BCUT2D eigenvalue weighted by atomic mass is 10.2. The molecule has 18 heavy (non-hydrogen) atoms. The van der Waals surface area contributed by atoms with Crippen LogP contribution in [0.4, 0.5) is 5.82 Å². The Balaban J connectivity index is 2.07. The Labute approximate surface area is 107 Å². The van der Waals surface area contributed by atoms with Gasteiger partial charge in [0.25, 0.3) is 5.91 Å². The normalized spacial score (nSPS) is 16.8. The van der Waals surface area contributed by atoms with Gasteiger partial charge in [0, 0.05) is 45.5 Å². The average Bonchev–Trinajstić information content (AvgIpc) is 2.40. The molecule has 0 spiro atoms. The van der Waals surface area contributed by atoms with Crippen LogP contribution in [0.2, 0.25) is 0 Å². The van der Waals surface area contributed by atoms with E-state index < -0.39 is 5.91 Å². The highest BCUT2D eigenvalue weighted by Crippen LogP contribution is 2.18. The summed E-state index contributed by atoms with van der Waals surface area (Å²) in [6.07, 6.45) is 1.69. The number of aromatic nitrogens is 1. The summed E-state index contributed by atoms with van der Waals surface area (Å²) in [5.41, 5.74) is 11.4. The lowest BCUT2D eigenvalue weighted by Crippen LogP contribution is -2.48. The zero-order valence-electron chi connectivity index (χ0n) is 10.4. The largest absolute Gasteiger partial charge is 0.365 e. The molecular weight excluding hydrogens is 230 g/mol. The Morgan fingerprint density at radius 3 is 2.67 bits per heavy atom. The van der Waals surface area contributed by atoms with E-state index in [4.69, 9.17) is 11.5 Å². The van der Waals surface area contributed by atoms with Crippen LogP contribution >= 0.6 is 0 Å². The molecule has 1 aliphatic heterocycles. The number of piperazine rings is 1. The van der Waals surface area contributed by atoms with E-state index in [-0.39, 0.29) is 0 Å². The van der Waals surface area contributed by atoms with Gasteiger partial charge in [-0.05, 0) is 12.1 Å². The molecule has 0 radical (unpaired) electrons. The number of hydrogen-bond donors (Lipinski definition) is 2. The fourth-order valence-corrected chi connectivity index (χ4v) is 2.21. The summed E-state index contributed by atoms with van der Waals surface area (Å²) < 4.78 is 0. The highest BCUT2D eigenvalue weighted by molar-refractivity contribution is 5.97. The van der Waals surface area contributed by atoms with Crippen molar-refractivity contribution in [2.24, 2.45) is 11.5 Å². The van der Waals surface area contributed by atoms with Crippen LogP contribution in [0.1, 0.15) is 10.4 Å². The highest BCUT2D eigenvalue weighted by Gasteiger charge is 2.20. The molecule has 6 nitrogen and oxygen atoms in total. The van der Waals surface area contributed by atoms with Crippen molar-refractivity contribution in [2.45, 2.75) is 0 Å². The predicted octanol–water partition coefficient (Wildman–Crippen LogP) is -0.739. The maximum atomic E-state index is 11.4. The van der Waals surface area contributed by atoms with Gasteiger partial charge in [-0.25, -0.2) is 4.98 Å². The van der Waals surface area contributed by atoms with Crippen molar-refractivity contribution in [1.82, 2.24) is 9.88 Å². The van der Waals surface area contributed by atoms with Crippen molar-refractivity contribution in [1.29, 1.82) is 0 Å². The van der Waals surface area contributed by atoms with Crippen molar-refractivity contribution in [2.75, 3.05) is 44.2 Å². The minimum atomic E-state index is -0.428. The Morgan fingerprint density at radius 1 is 1.33 bits per heavy atom. The second-order valence-electron chi connectivity index (χ2n) is 4.36. The van der Waals surface area contributed by atoms with Crippen molar-refractivity contribution in [3.63, 3.8) is 0 Å². The quantitative estimate of drug-likeness (QED) is 0.734. The van der Waals surface area contributed by atoms with E-state index >= 15 is 0 Å². The Bertz CT molecular complexity index is 415. The van der Waals surface area contributed by atoms with E-state index in [2.05, 4.69) is 14.8 Å². The number of nitrogens with two attached hydrogens (primary N) is 2. The third-order valence-electron chi connectivity index (χ3n) is 3.17. The molecule has 4 N–H and O–H groups in total. The molecule has 0 saturated carbocycles. The van der Waals surface area contributed by atoms with Gasteiger partial charge in [0.2, 0.25) is 0 Å². The summed E-state index contributed by atoms with van der Waals surface area (Å²) in [5, 5.41) is 0. The number of rotatable bonds is 4. The lowest BCUT2D eigenvalue weighted by molar-refractivity contribution is 0.1000. The highest BCUT2D eigenvalue weighted by atomic mass is 16.1. The van der Waals surface area contributed by atoms with Crippen molar-refractivity contribution in [3.05, 3.63) is 23.9 Å². The molecule has 1 saturated heterocycles. The fourth-order valence-electron chi connectivity index (χ4n) is 2.21. The zero-order valence-corrected chi connectivity index (χ0v) is 10.4. The van der Waals surface area contributed by atoms with Crippen LogP contribution in [-0.2, 0) is 0 Å². The summed E-state index contributed by atoms with van der Waals surface area (Å²) in [5.74, 6) is 0.264. The molecule has 0 unspecified atom stereocenters. The standard InChI is InChI=1S/C12H19N5O/c13-3-5-16-6-8-17(9-7-16)12-10(11(14)18)2-1-4-15-12/h1-2,4H,3,5-9,13H2,(H2,14,18). The Hall–Kier alpha value is -1.66. The topological polar surface area (TPSA) is 88.5 Å². The first kappa shape index (κ1) is 12.8. The van der Waals surface area contributed by atoms with Gasteiger partial charge in [-0.2, -0.15) is 0 Å². The number of nitrogens with zero attached hydrogens (tertiary/aromatic N) is 3. The first-order chi connectivity index (χ1) is 8.72. The van der Waals surface area contributed by atoms with Gasteiger partial charge in [-0.15, -0.1) is 0 Å². The molecule has 6 heteroatoms. The van der Waals surface area contributed by atoms with E-state index in [0.29, 0.717) is 17.9 Å². The smallest absolute Gasteiger partial charge is 0.252 e. The van der Waals surface area contributed by atoms with E-state index in [9.17, 15) is 4.79 Å². The van der Waals surface area contributed by atoms with Crippen LogP contribution in [0, 0.1) is 0 Å². The Kier molecular flexibility index (Phi) is 4.11. The van der Waals surface area contributed by atoms with E-state index in [1.54, 1.807) is 18.3 Å². The number of amides is 1. The van der Waals surface area contributed by atoms with Crippen LogP contribution in [0.3, 0.4) is 0 Å². The molecular formula is C12H19N5O. The van der Waals surface area contributed by atoms with E-state index in [1.807, 2.05) is 0 Å². The van der Waals surface area contributed by atoms with Crippen LogP contribution in [0.25, 0.3) is 0 Å². The van der Waals surface area contributed by atoms with Crippen LogP contribution < -0.4 is 16.4 Å². The zero-order chi connectivity index (χ0) is 13.0. The number of pyridine rings is 1. The fraction of sp³-hybridized carbons (Fsp3) is 0.500. The van der Waals surface area contributed by atoms with E-state index in [1.165, 1.54) is 0 Å². The van der Waals surface area contributed by atoms with Crippen molar-refractivity contribution >= 4 is 11.7 Å². The van der Waals surface area contributed by atoms with Crippen molar-refractivity contribution < 1.29 is 4.79 Å². The minimum absolute atomic E-state index is 0.428. The van der Waals surface area contributed by atoms with Gasteiger partial charge in [0.15, 0.2) is 0 Å². The van der Waals surface area contributed by atoms with Gasteiger partial charge in [0.05, 0.1) is 5.56 Å². The van der Waals surface area contributed by atoms with Gasteiger partial charge in [0.1, 0.15) is 5.82 Å². The van der Waals surface area contributed by atoms with Crippen LogP contribution in [0.5, 0.6) is 0 Å². The van der Waals surface area contributed by atoms with Crippen molar-refractivity contribution in [3.8, 4) is 0 Å². The van der Waals surface area contributed by atoms with Crippen LogP contribution in [0.15, 0.2) is 18.3 Å². The molecule has 0 atom stereocenters. The molecule has 0 aliphatic carbocycles. The summed E-state index contributed by atoms with van der Waals surface area (Å²) >= 11 is 0. The third-order valence-corrected chi connectivity index (χ3v) is 3.17. The molecule has 1 aromatic rings. The maximum absolute atomic E-state index is 11.4. The first-order valence-electron chi connectivity index (χ1n) is 6.14. The van der Waals surface area contributed by atoms with Gasteiger partial charge in [-0.3, -0.25) is 9.69 Å². The van der Waals surface area contributed by atoms with Gasteiger partial charge < -0.3 is 16.4 Å². The van der Waals surface area contributed by atoms with E-state index in [0.717, 1.165) is 32.7 Å². The molecule has 98 valence electrons.